The van der Waals surface area contributed by atoms with Crippen LogP contribution in [-0.2, 0) is 0 Å². The van der Waals surface area contributed by atoms with Crippen LogP contribution in [-0.4, -0.2) is 36.6 Å². The maximum Gasteiger partial charge on any atom is 0.0306 e. The summed E-state index contributed by atoms with van der Waals surface area (Å²) in [5.41, 5.74) is 0.442. The van der Waals surface area contributed by atoms with Crippen LogP contribution in [0, 0.1) is 0 Å². The van der Waals surface area contributed by atoms with Gasteiger partial charge in [-0.05, 0) is 45.7 Å². The molecule has 0 aromatic heterocycles. The largest absolute Gasteiger partial charge is 0.310 e. The van der Waals surface area contributed by atoms with E-state index >= 15 is 0 Å². The Morgan fingerprint density at radius 3 is 2.53 bits per heavy atom. The van der Waals surface area contributed by atoms with Gasteiger partial charge in [-0.1, -0.05) is 19.8 Å². The minimum Gasteiger partial charge on any atom is -0.310 e. The highest BCUT2D eigenvalue weighted by Crippen LogP contribution is 2.28. The number of nitrogens with one attached hydrogen (secondary N) is 1. The van der Waals surface area contributed by atoms with Crippen molar-refractivity contribution in [2.45, 2.75) is 63.5 Å². The molecule has 1 saturated carbocycles. The van der Waals surface area contributed by atoms with Gasteiger partial charge in [0.05, 0.1) is 0 Å². The fourth-order valence-corrected chi connectivity index (χ4v) is 3.37. The summed E-state index contributed by atoms with van der Waals surface area (Å²) in [6.07, 6.45) is 9.77. The van der Waals surface area contributed by atoms with Crippen LogP contribution in [0.1, 0.15) is 51.9 Å². The van der Waals surface area contributed by atoms with Gasteiger partial charge in [0.2, 0.25) is 0 Å². The summed E-state index contributed by atoms with van der Waals surface area (Å²) < 4.78 is 0. The van der Waals surface area contributed by atoms with Gasteiger partial charge in [-0.25, -0.2) is 0 Å². The smallest absolute Gasteiger partial charge is 0.0306 e. The van der Waals surface area contributed by atoms with Crippen molar-refractivity contribution >= 4 is 0 Å². The van der Waals surface area contributed by atoms with Gasteiger partial charge >= 0.3 is 0 Å². The predicted molar refractivity (Wildman–Crippen MR) is 65.1 cm³/mol. The van der Waals surface area contributed by atoms with Gasteiger partial charge < -0.3 is 10.2 Å². The molecular weight excluding hydrogens is 184 g/mol. The van der Waals surface area contributed by atoms with E-state index in [-0.39, 0.29) is 0 Å². The van der Waals surface area contributed by atoms with Crippen molar-refractivity contribution in [1.82, 2.24) is 10.2 Å². The fourth-order valence-electron chi connectivity index (χ4n) is 3.37. The Morgan fingerprint density at radius 2 is 2.00 bits per heavy atom. The van der Waals surface area contributed by atoms with E-state index in [4.69, 9.17) is 0 Å². The quantitative estimate of drug-likeness (QED) is 0.766. The minimum absolute atomic E-state index is 0.442. The Balaban J connectivity index is 1.88. The molecule has 15 heavy (non-hydrogen) atoms. The van der Waals surface area contributed by atoms with Crippen LogP contribution in [0.2, 0.25) is 0 Å². The van der Waals surface area contributed by atoms with E-state index in [1.165, 1.54) is 58.0 Å². The van der Waals surface area contributed by atoms with Crippen molar-refractivity contribution in [1.29, 1.82) is 0 Å². The van der Waals surface area contributed by atoms with E-state index < -0.39 is 0 Å². The molecule has 0 aromatic rings. The van der Waals surface area contributed by atoms with Crippen LogP contribution < -0.4 is 5.32 Å². The molecule has 88 valence electrons. The lowest BCUT2D eigenvalue weighted by atomic mass is 9.93. The number of likely N-dealkylation sites (N-methyl/N-ethyl adjacent to an activating group) is 1. The molecule has 2 fully saturated rings. The highest BCUT2D eigenvalue weighted by atomic mass is 15.2. The summed E-state index contributed by atoms with van der Waals surface area (Å²) in [5.74, 6) is 0. The second kappa shape index (κ2) is 4.84. The molecule has 2 rings (SSSR count). The van der Waals surface area contributed by atoms with Gasteiger partial charge in [-0.3, -0.25) is 0 Å². The lowest BCUT2D eigenvalue weighted by molar-refractivity contribution is 0.171. The van der Waals surface area contributed by atoms with Crippen LogP contribution in [0.15, 0.2) is 0 Å². The normalized spacial score (nSPS) is 33.0. The first kappa shape index (κ1) is 11.4. The van der Waals surface area contributed by atoms with Gasteiger partial charge in [-0.2, -0.15) is 0 Å². The van der Waals surface area contributed by atoms with E-state index in [0.717, 1.165) is 6.04 Å². The van der Waals surface area contributed by atoms with Crippen LogP contribution in [0.25, 0.3) is 0 Å². The zero-order chi connectivity index (χ0) is 10.7. The minimum atomic E-state index is 0.442. The molecule has 1 atom stereocenters. The molecule has 0 bridgehead atoms. The molecule has 2 nitrogen and oxygen atoms in total. The van der Waals surface area contributed by atoms with Gasteiger partial charge in [-0.15, -0.1) is 0 Å². The molecule has 0 radical (unpaired) electrons. The molecule has 1 aliphatic carbocycles. The Labute approximate surface area is 94.4 Å². The molecule has 1 aliphatic heterocycles. The van der Waals surface area contributed by atoms with Crippen molar-refractivity contribution in [3.8, 4) is 0 Å². The third kappa shape index (κ3) is 2.54. The number of nitrogens with zero attached hydrogens (tertiary/aromatic N) is 1. The van der Waals surface area contributed by atoms with Crippen LogP contribution in [0.3, 0.4) is 0 Å². The molecule has 0 aromatic carbocycles. The molecule has 2 heteroatoms. The molecule has 0 amide bonds. The van der Waals surface area contributed by atoms with Gasteiger partial charge in [0.1, 0.15) is 0 Å². The maximum absolute atomic E-state index is 3.73. The van der Waals surface area contributed by atoms with Crippen molar-refractivity contribution in [3.63, 3.8) is 0 Å². The van der Waals surface area contributed by atoms with Crippen LogP contribution in [0.5, 0.6) is 0 Å². The first-order valence-electron chi connectivity index (χ1n) is 6.71. The standard InChI is InChI=1S/C13H26N2/c1-3-13(9-6-10-14-13)11-15(2)12-7-4-5-8-12/h12,14H,3-11H2,1-2H3. The summed E-state index contributed by atoms with van der Waals surface area (Å²) in [4.78, 5) is 2.62. The Morgan fingerprint density at radius 1 is 1.27 bits per heavy atom. The molecule has 1 N–H and O–H groups in total. The maximum atomic E-state index is 3.73. The van der Waals surface area contributed by atoms with E-state index in [2.05, 4.69) is 24.2 Å². The molecule has 1 heterocycles. The third-order valence-electron chi connectivity index (χ3n) is 4.51. The summed E-state index contributed by atoms with van der Waals surface area (Å²) in [6.45, 7) is 4.82. The van der Waals surface area contributed by atoms with E-state index in [1.807, 2.05) is 0 Å². The van der Waals surface area contributed by atoms with E-state index in [0.29, 0.717) is 5.54 Å². The second-order valence-corrected chi connectivity index (χ2v) is 5.52. The number of hydrogen-bond acceptors (Lipinski definition) is 2. The van der Waals surface area contributed by atoms with Crippen molar-refractivity contribution < 1.29 is 0 Å². The lowest BCUT2D eigenvalue weighted by Gasteiger charge is -2.36. The number of hydrogen-bond donors (Lipinski definition) is 1. The van der Waals surface area contributed by atoms with Crippen molar-refractivity contribution in [2.75, 3.05) is 20.1 Å². The van der Waals surface area contributed by atoms with Gasteiger partial charge in [0, 0.05) is 18.1 Å². The van der Waals surface area contributed by atoms with Crippen LogP contribution >= 0.6 is 0 Å². The summed E-state index contributed by atoms with van der Waals surface area (Å²) in [6, 6.07) is 0.871. The average molecular weight is 210 g/mol. The first-order chi connectivity index (χ1) is 7.26. The van der Waals surface area contributed by atoms with E-state index in [1.54, 1.807) is 0 Å². The van der Waals surface area contributed by atoms with Crippen molar-refractivity contribution in [3.05, 3.63) is 0 Å². The monoisotopic (exact) mass is 210 g/mol. The fraction of sp³-hybridized carbons (Fsp3) is 1.00. The predicted octanol–water partition coefficient (Wildman–Crippen LogP) is 2.39. The van der Waals surface area contributed by atoms with Gasteiger partial charge in [0.25, 0.3) is 0 Å². The van der Waals surface area contributed by atoms with Gasteiger partial charge in [0.15, 0.2) is 0 Å². The van der Waals surface area contributed by atoms with E-state index in [9.17, 15) is 0 Å². The summed E-state index contributed by atoms with van der Waals surface area (Å²) in [5, 5.41) is 3.73. The highest BCUT2D eigenvalue weighted by molar-refractivity contribution is 4.95. The van der Waals surface area contributed by atoms with Crippen molar-refractivity contribution in [2.24, 2.45) is 0 Å². The lowest BCUT2D eigenvalue weighted by Crippen LogP contribution is -2.50. The first-order valence-corrected chi connectivity index (χ1v) is 6.71. The zero-order valence-corrected chi connectivity index (χ0v) is 10.4. The Bertz CT molecular complexity index is 191. The average Bonchev–Trinajstić information content (AvgIpc) is 2.88. The highest BCUT2D eigenvalue weighted by Gasteiger charge is 2.34. The molecule has 1 unspecified atom stereocenters. The second-order valence-electron chi connectivity index (χ2n) is 5.52. The zero-order valence-electron chi connectivity index (χ0n) is 10.4. The molecule has 0 spiro atoms. The molecule has 2 aliphatic rings. The van der Waals surface area contributed by atoms with Crippen LogP contribution in [0.4, 0.5) is 0 Å². The SMILES string of the molecule is CCC1(CN(C)C2CCCC2)CCCN1. The third-order valence-corrected chi connectivity index (χ3v) is 4.51. The molecule has 1 saturated heterocycles. The molecular formula is C13H26N2. The Hall–Kier alpha value is -0.0800. The Kier molecular flexibility index (Phi) is 3.68. The summed E-state index contributed by atoms with van der Waals surface area (Å²) >= 11 is 0. The topological polar surface area (TPSA) is 15.3 Å². The summed E-state index contributed by atoms with van der Waals surface area (Å²) in [7, 11) is 2.33. The number of rotatable bonds is 4.